The molecule has 5 heteroatoms. The molecule has 0 amide bonds. The Bertz CT molecular complexity index is 699. The number of phenols is 1. The maximum Gasteiger partial charge on any atom is 0.158 e. The molecule has 4 nitrogen and oxygen atoms in total. The molecule has 1 aromatic carbocycles. The molecule has 0 fully saturated rings. The van der Waals surface area contributed by atoms with E-state index in [0.29, 0.717) is 11.9 Å². The van der Waals surface area contributed by atoms with Gasteiger partial charge in [-0.15, -0.1) is 0 Å². The van der Waals surface area contributed by atoms with Gasteiger partial charge in [0.1, 0.15) is 5.75 Å². The van der Waals surface area contributed by atoms with Crippen LogP contribution >= 0.6 is 0 Å². The smallest absolute Gasteiger partial charge is 0.158 e. The van der Waals surface area contributed by atoms with Crippen molar-refractivity contribution in [1.29, 1.82) is 0 Å². The number of phenolic OH excluding ortho intramolecular Hbond substituents is 1. The molecule has 0 bridgehead atoms. The fraction of sp³-hybridized carbons (Fsp3) is 0.429. The summed E-state index contributed by atoms with van der Waals surface area (Å²) in [7, 11) is -3.15. The Balaban J connectivity index is 2.59. The molecule has 19 heavy (non-hydrogen) atoms. The highest BCUT2D eigenvalue weighted by Crippen LogP contribution is 2.29. The van der Waals surface area contributed by atoms with Crippen molar-refractivity contribution >= 4 is 20.7 Å². The summed E-state index contributed by atoms with van der Waals surface area (Å²) in [6.45, 7) is 6.02. The molecule has 1 heterocycles. The zero-order chi connectivity index (χ0) is 14.2. The van der Waals surface area contributed by atoms with Crippen LogP contribution in [0.1, 0.15) is 26.5 Å². The Labute approximate surface area is 113 Å². The highest BCUT2D eigenvalue weighted by atomic mass is 32.2. The van der Waals surface area contributed by atoms with E-state index >= 15 is 0 Å². The first-order valence-corrected chi connectivity index (χ1v) is 8.10. The maximum absolute atomic E-state index is 12.1. The van der Waals surface area contributed by atoms with E-state index in [-0.39, 0.29) is 11.5 Å². The molecular weight excluding hydrogens is 262 g/mol. The van der Waals surface area contributed by atoms with E-state index in [9.17, 15) is 13.5 Å². The monoisotopic (exact) mass is 281 g/mol. The minimum atomic E-state index is -3.15. The zero-order valence-electron chi connectivity index (χ0n) is 11.4. The van der Waals surface area contributed by atoms with Gasteiger partial charge < -0.3 is 9.67 Å². The van der Waals surface area contributed by atoms with Crippen molar-refractivity contribution < 1.29 is 13.5 Å². The molecule has 2 aromatic rings. The summed E-state index contributed by atoms with van der Waals surface area (Å²) >= 11 is 0. The molecule has 1 aromatic heterocycles. The molecule has 0 atom stereocenters. The van der Waals surface area contributed by atoms with E-state index in [4.69, 9.17) is 0 Å². The highest BCUT2D eigenvalue weighted by molar-refractivity contribution is 7.91. The third-order valence-corrected chi connectivity index (χ3v) is 5.53. The SMILES string of the molecule is CCn1c(CS(=O)(=O)C(C)C)cc2c(O)cccc21. The lowest BCUT2D eigenvalue weighted by molar-refractivity contribution is 0.481. The fourth-order valence-corrected chi connectivity index (χ4v) is 3.17. The van der Waals surface area contributed by atoms with Crippen molar-refractivity contribution in [2.75, 3.05) is 0 Å². The van der Waals surface area contributed by atoms with Crippen molar-refractivity contribution in [1.82, 2.24) is 4.57 Å². The van der Waals surface area contributed by atoms with Crippen LogP contribution in [-0.4, -0.2) is 23.3 Å². The number of sulfone groups is 1. The second-order valence-electron chi connectivity index (χ2n) is 4.95. The lowest BCUT2D eigenvalue weighted by atomic mass is 10.2. The molecule has 0 unspecified atom stereocenters. The van der Waals surface area contributed by atoms with Gasteiger partial charge in [-0.2, -0.15) is 0 Å². The number of aromatic nitrogens is 1. The maximum atomic E-state index is 12.1. The largest absolute Gasteiger partial charge is 0.507 e. The van der Waals surface area contributed by atoms with Gasteiger partial charge in [0.05, 0.1) is 16.5 Å². The van der Waals surface area contributed by atoms with Crippen molar-refractivity contribution in [3.8, 4) is 5.75 Å². The van der Waals surface area contributed by atoms with Crippen LogP contribution < -0.4 is 0 Å². The van der Waals surface area contributed by atoms with Crippen molar-refractivity contribution in [2.45, 2.75) is 38.3 Å². The molecule has 0 aliphatic carbocycles. The minimum absolute atomic E-state index is 0.00657. The molecule has 104 valence electrons. The summed E-state index contributed by atoms with van der Waals surface area (Å²) in [4.78, 5) is 0. The predicted molar refractivity (Wildman–Crippen MR) is 77.0 cm³/mol. The standard InChI is InChI=1S/C14H19NO3S/c1-4-15-11(9-19(17,18)10(2)3)8-12-13(15)6-5-7-14(12)16/h5-8,10,16H,4,9H2,1-3H3. The van der Waals surface area contributed by atoms with Crippen LogP contribution in [0.4, 0.5) is 0 Å². The molecular formula is C14H19NO3S. The Morgan fingerprint density at radius 2 is 2.00 bits per heavy atom. The minimum Gasteiger partial charge on any atom is -0.507 e. The number of rotatable bonds is 4. The molecule has 0 aliphatic heterocycles. The van der Waals surface area contributed by atoms with Crippen LogP contribution in [0, 0.1) is 0 Å². The second kappa shape index (κ2) is 4.89. The van der Waals surface area contributed by atoms with Crippen molar-refractivity contribution in [3.05, 3.63) is 30.0 Å². The van der Waals surface area contributed by atoms with Crippen molar-refractivity contribution in [2.24, 2.45) is 0 Å². The highest BCUT2D eigenvalue weighted by Gasteiger charge is 2.20. The first-order valence-electron chi connectivity index (χ1n) is 6.38. The molecule has 0 aliphatic rings. The van der Waals surface area contributed by atoms with E-state index in [0.717, 1.165) is 11.2 Å². The predicted octanol–water partition coefficient (Wildman–Crippen LogP) is 2.69. The summed E-state index contributed by atoms with van der Waals surface area (Å²) in [5.41, 5.74) is 1.60. The second-order valence-corrected chi connectivity index (χ2v) is 7.50. The summed E-state index contributed by atoms with van der Waals surface area (Å²) < 4.78 is 26.0. The lowest BCUT2D eigenvalue weighted by Crippen LogP contribution is -2.18. The number of benzene rings is 1. The molecule has 2 rings (SSSR count). The molecule has 0 saturated heterocycles. The number of fused-ring (bicyclic) bond motifs is 1. The Morgan fingerprint density at radius 1 is 1.32 bits per heavy atom. The summed E-state index contributed by atoms with van der Waals surface area (Å²) in [5.74, 6) is 0.194. The van der Waals surface area contributed by atoms with Gasteiger partial charge in [-0.3, -0.25) is 0 Å². The first-order chi connectivity index (χ1) is 8.86. The van der Waals surface area contributed by atoms with Gasteiger partial charge in [-0.05, 0) is 39.0 Å². The van der Waals surface area contributed by atoms with Crippen LogP contribution in [0.3, 0.4) is 0 Å². The first kappa shape index (κ1) is 13.9. The normalized spacial score (nSPS) is 12.4. The van der Waals surface area contributed by atoms with Gasteiger partial charge in [-0.25, -0.2) is 8.42 Å². The van der Waals surface area contributed by atoms with Crippen LogP contribution in [0.15, 0.2) is 24.3 Å². The average Bonchev–Trinajstić information content (AvgIpc) is 2.67. The lowest BCUT2D eigenvalue weighted by Gasteiger charge is -2.10. The molecule has 0 radical (unpaired) electrons. The third-order valence-electron chi connectivity index (χ3n) is 3.39. The quantitative estimate of drug-likeness (QED) is 0.937. The average molecular weight is 281 g/mol. The summed E-state index contributed by atoms with van der Waals surface area (Å²) in [6.07, 6.45) is 0. The van der Waals surface area contributed by atoms with Crippen molar-refractivity contribution in [3.63, 3.8) is 0 Å². The fourth-order valence-electron chi connectivity index (χ4n) is 2.19. The number of nitrogens with zero attached hydrogens (tertiary/aromatic N) is 1. The number of hydrogen-bond acceptors (Lipinski definition) is 3. The Morgan fingerprint density at radius 3 is 2.58 bits per heavy atom. The van der Waals surface area contributed by atoms with E-state index in [1.165, 1.54) is 0 Å². The van der Waals surface area contributed by atoms with Gasteiger partial charge in [0, 0.05) is 17.6 Å². The van der Waals surface area contributed by atoms with Gasteiger partial charge in [0.15, 0.2) is 9.84 Å². The van der Waals surface area contributed by atoms with Crippen LogP contribution in [0.2, 0.25) is 0 Å². The molecule has 1 N–H and O–H groups in total. The van der Waals surface area contributed by atoms with E-state index in [1.807, 2.05) is 17.6 Å². The van der Waals surface area contributed by atoms with Crippen LogP contribution in [-0.2, 0) is 22.1 Å². The van der Waals surface area contributed by atoms with Gasteiger partial charge in [0.2, 0.25) is 0 Å². The van der Waals surface area contributed by atoms with Gasteiger partial charge in [-0.1, -0.05) is 6.07 Å². The van der Waals surface area contributed by atoms with Crippen LogP contribution in [0.25, 0.3) is 10.9 Å². The third kappa shape index (κ3) is 2.47. The topological polar surface area (TPSA) is 59.3 Å². The van der Waals surface area contributed by atoms with E-state index in [1.54, 1.807) is 32.0 Å². The zero-order valence-corrected chi connectivity index (χ0v) is 12.2. The van der Waals surface area contributed by atoms with Gasteiger partial charge in [0.25, 0.3) is 0 Å². The Kier molecular flexibility index (Phi) is 3.58. The number of aryl methyl sites for hydroxylation is 1. The summed E-state index contributed by atoms with van der Waals surface area (Å²) in [6, 6.07) is 7.05. The van der Waals surface area contributed by atoms with Gasteiger partial charge >= 0.3 is 0 Å². The van der Waals surface area contributed by atoms with Crippen LogP contribution in [0.5, 0.6) is 5.75 Å². The molecule has 0 saturated carbocycles. The Hall–Kier alpha value is -1.49. The number of hydrogen-bond donors (Lipinski definition) is 1. The summed E-state index contributed by atoms with van der Waals surface area (Å²) in [5, 5.41) is 10.2. The molecule has 0 spiro atoms. The van der Waals surface area contributed by atoms with E-state index < -0.39 is 15.1 Å². The van der Waals surface area contributed by atoms with E-state index in [2.05, 4.69) is 0 Å². The number of aromatic hydroxyl groups is 1.